The Bertz CT molecular complexity index is 1010. The fraction of sp³-hybridized carbons (Fsp3) is 0.381. The standard InChI is InChI=1S/C21H23N5O/c22-21(27)20-18-11-14(4-7-19(18)26(24-20)16-5-6-16)15-10-17(13-23-12-15)25-8-2-1-3-9-25/h4,7,10-13,16H,1-3,5-6,8-9H2,(H2,22,27). The molecule has 0 unspecified atom stereocenters. The van der Waals surface area contributed by atoms with Crippen molar-refractivity contribution in [2.24, 2.45) is 5.73 Å². The van der Waals surface area contributed by atoms with Crippen molar-refractivity contribution in [3.63, 3.8) is 0 Å². The summed E-state index contributed by atoms with van der Waals surface area (Å²) in [6.07, 6.45) is 9.81. The monoisotopic (exact) mass is 361 g/mol. The van der Waals surface area contributed by atoms with E-state index < -0.39 is 5.91 Å². The first-order chi connectivity index (χ1) is 13.2. The molecule has 5 rings (SSSR count). The van der Waals surface area contributed by atoms with Crippen LogP contribution in [0.25, 0.3) is 22.0 Å². The summed E-state index contributed by atoms with van der Waals surface area (Å²) in [5, 5.41) is 5.32. The number of fused-ring (bicyclic) bond motifs is 1. The zero-order chi connectivity index (χ0) is 18.4. The van der Waals surface area contributed by atoms with Crippen molar-refractivity contribution >= 4 is 22.5 Å². The molecule has 2 aromatic heterocycles. The van der Waals surface area contributed by atoms with Gasteiger partial charge in [-0.15, -0.1) is 0 Å². The van der Waals surface area contributed by atoms with Crippen molar-refractivity contribution in [1.82, 2.24) is 14.8 Å². The molecule has 0 atom stereocenters. The lowest BCUT2D eigenvalue weighted by Crippen LogP contribution is -2.29. The van der Waals surface area contributed by atoms with Gasteiger partial charge in [0.25, 0.3) is 5.91 Å². The van der Waals surface area contributed by atoms with Gasteiger partial charge < -0.3 is 10.6 Å². The number of rotatable bonds is 4. The number of carbonyl (C=O) groups excluding carboxylic acids is 1. The van der Waals surface area contributed by atoms with Crippen LogP contribution in [0.4, 0.5) is 5.69 Å². The minimum atomic E-state index is -0.475. The summed E-state index contributed by atoms with van der Waals surface area (Å²) in [5.74, 6) is -0.475. The summed E-state index contributed by atoms with van der Waals surface area (Å²) in [7, 11) is 0. The third-order valence-electron chi connectivity index (χ3n) is 5.61. The van der Waals surface area contributed by atoms with Gasteiger partial charge in [-0.3, -0.25) is 14.5 Å². The number of aromatic nitrogens is 3. The maximum absolute atomic E-state index is 11.9. The molecule has 1 aliphatic heterocycles. The van der Waals surface area contributed by atoms with Gasteiger partial charge in [-0.2, -0.15) is 5.10 Å². The molecule has 6 heteroatoms. The van der Waals surface area contributed by atoms with Crippen molar-refractivity contribution in [1.29, 1.82) is 0 Å². The van der Waals surface area contributed by atoms with E-state index in [4.69, 9.17) is 5.73 Å². The van der Waals surface area contributed by atoms with E-state index in [0.717, 1.165) is 53.6 Å². The van der Waals surface area contributed by atoms with Crippen LogP contribution in [0.5, 0.6) is 0 Å². The molecular formula is C21H23N5O. The molecule has 1 aromatic carbocycles. The third kappa shape index (κ3) is 2.95. The van der Waals surface area contributed by atoms with Crippen LogP contribution >= 0.6 is 0 Å². The van der Waals surface area contributed by atoms with Gasteiger partial charge in [-0.1, -0.05) is 6.07 Å². The number of piperidine rings is 1. The fourth-order valence-electron chi connectivity index (χ4n) is 4.01. The van der Waals surface area contributed by atoms with E-state index in [0.29, 0.717) is 11.7 Å². The maximum atomic E-state index is 11.9. The summed E-state index contributed by atoms with van der Waals surface area (Å²) in [4.78, 5) is 18.8. The number of pyridine rings is 1. The van der Waals surface area contributed by atoms with E-state index in [9.17, 15) is 4.79 Å². The Morgan fingerprint density at radius 3 is 2.59 bits per heavy atom. The van der Waals surface area contributed by atoms with E-state index in [2.05, 4.69) is 33.2 Å². The van der Waals surface area contributed by atoms with Crippen LogP contribution in [-0.4, -0.2) is 33.8 Å². The van der Waals surface area contributed by atoms with Gasteiger partial charge in [0.2, 0.25) is 0 Å². The van der Waals surface area contributed by atoms with Gasteiger partial charge in [0.1, 0.15) is 0 Å². The van der Waals surface area contributed by atoms with Crippen molar-refractivity contribution in [3.8, 4) is 11.1 Å². The fourth-order valence-corrected chi connectivity index (χ4v) is 4.01. The molecule has 27 heavy (non-hydrogen) atoms. The molecule has 2 fully saturated rings. The molecule has 138 valence electrons. The van der Waals surface area contributed by atoms with Crippen molar-refractivity contribution in [2.75, 3.05) is 18.0 Å². The van der Waals surface area contributed by atoms with Crippen LogP contribution in [0.15, 0.2) is 36.7 Å². The zero-order valence-electron chi connectivity index (χ0n) is 15.3. The number of hydrogen-bond acceptors (Lipinski definition) is 4. The molecule has 0 bridgehead atoms. The third-order valence-corrected chi connectivity index (χ3v) is 5.61. The Morgan fingerprint density at radius 1 is 1.04 bits per heavy atom. The Kier molecular flexibility index (Phi) is 3.85. The number of benzene rings is 1. The van der Waals surface area contributed by atoms with E-state index in [-0.39, 0.29) is 0 Å². The van der Waals surface area contributed by atoms with Gasteiger partial charge in [-0.05, 0) is 55.9 Å². The summed E-state index contributed by atoms with van der Waals surface area (Å²) >= 11 is 0. The predicted octanol–water partition coefficient (Wildman–Crippen LogP) is 3.52. The minimum Gasteiger partial charge on any atom is -0.370 e. The number of anilines is 1. The van der Waals surface area contributed by atoms with Gasteiger partial charge in [0.05, 0.1) is 23.4 Å². The Morgan fingerprint density at radius 2 is 1.85 bits per heavy atom. The second-order valence-electron chi connectivity index (χ2n) is 7.60. The van der Waals surface area contributed by atoms with E-state index in [1.165, 1.54) is 19.3 Å². The number of nitrogens with zero attached hydrogens (tertiary/aromatic N) is 4. The van der Waals surface area contributed by atoms with E-state index in [1.807, 2.05) is 23.1 Å². The van der Waals surface area contributed by atoms with Crippen LogP contribution < -0.4 is 10.6 Å². The highest BCUT2D eigenvalue weighted by Gasteiger charge is 2.28. The van der Waals surface area contributed by atoms with Crippen LogP contribution in [0.1, 0.15) is 48.6 Å². The Balaban J connectivity index is 1.57. The maximum Gasteiger partial charge on any atom is 0.269 e. The lowest BCUT2D eigenvalue weighted by molar-refractivity contribution is 0.0996. The SMILES string of the molecule is NC(=O)c1nn(C2CC2)c2ccc(-c3cncc(N4CCCCC4)c3)cc12. The van der Waals surface area contributed by atoms with Gasteiger partial charge in [-0.25, -0.2) is 0 Å². The van der Waals surface area contributed by atoms with Crippen LogP contribution in [-0.2, 0) is 0 Å². The molecule has 6 nitrogen and oxygen atoms in total. The molecule has 1 saturated heterocycles. The molecule has 1 saturated carbocycles. The number of primary amides is 1. The molecule has 2 aliphatic rings. The topological polar surface area (TPSA) is 77.0 Å². The number of amides is 1. The first kappa shape index (κ1) is 16.3. The van der Waals surface area contributed by atoms with Gasteiger partial charge >= 0.3 is 0 Å². The van der Waals surface area contributed by atoms with Crippen molar-refractivity contribution < 1.29 is 4.79 Å². The van der Waals surface area contributed by atoms with E-state index in [1.54, 1.807) is 0 Å². The highest BCUT2D eigenvalue weighted by atomic mass is 16.1. The first-order valence-corrected chi connectivity index (χ1v) is 9.73. The Labute approximate surface area is 158 Å². The minimum absolute atomic E-state index is 0.360. The van der Waals surface area contributed by atoms with Gasteiger partial charge in [0, 0.05) is 30.2 Å². The highest BCUT2D eigenvalue weighted by molar-refractivity contribution is 6.05. The molecule has 0 radical (unpaired) electrons. The number of hydrogen-bond donors (Lipinski definition) is 1. The largest absolute Gasteiger partial charge is 0.370 e. The highest BCUT2D eigenvalue weighted by Crippen LogP contribution is 2.38. The van der Waals surface area contributed by atoms with Crippen LogP contribution in [0.3, 0.4) is 0 Å². The van der Waals surface area contributed by atoms with Crippen LogP contribution in [0, 0.1) is 0 Å². The smallest absolute Gasteiger partial charge is 0.269 e. The zero-order valence-corrected chi connectivity index (χ0v) is 15.3. The molecule has 3 heterocycles. The number of carbonyl (C=O) groups is 1. The molecule has 0 spiro atoms. The molecule has 2 N–H and O–H groups in total. The molecule has 1 aliphatic carbocycles. The summed E-state index contributed by atoms with van der Waals surface area (Å²) < 4.78 is 1.96. The normalized spacial score (nSPS) is 17.4. The van der Waals surface area contributed by atoms with E-state index >= 15 is 0 Å². The van der Waals surface area contributed by atoms with Crippen molar-refractivity contribution in [3.05, 3.63) is 42.4 Å². The molecular weight excluding hydrogens is 338 g/mol. The summed E-state index contributed by atoms with van der Waals surface area (Å²) in [6.45, 7) is 2.17. The first-order valence-electron chi connectivity index (χ1n) is 9.73. The molecule has 3 aromatic rings. The van der Waals surface area contributed by atoms with Gasteiger partial charge in [0.15, 0.2) is 5.69 Å². The average Bonchev–Trinajstić information content (AvgIpc) is 3.48. The van der Waals surface area contributed by atoms with Crippen molar-refractivity contribution in [2.45, 2.75) is 38.1 Å². The average molecular weight is 361 g/mol. The predicted molar refractivity (Wildman–Crippen MR) is 106 cm³/mol. The van der Waals surface area contributed by atoms with Crippen LogP contribution in [0.2, 0.25) is 0 Å². The second kappa shape index (κ2) is 6.37. The quantitative estimate of drug-likeness (QED) is 0.771. The summed E-state index contributed by atoms with van der Waals surface area (Å²) in [5.41, 5.74) is 10.2. The summed E-state index contributed by atoms with van der Waals surface area (Å²) in [6, 6.07) is 8.75. The number of nitrogens with two attached hydrogens (primary N) is 1. The molecule has 1 amide bonds. The Hall–Kier alpha value is -2.89. The lowest BCUT2D eigenvalue weighted by Gasteiger charge is -2.28. The lowest BCUT2D eigenvalue weighted by atomic mass is 10.0. The second-order valence-corrected chi connectivity index (χ2v) is 7.60.